The van der Waals surface area contributed by atoms with Crippen molar-refractivity contribution in [1.29, 1.82) is 0 Å². The van der Waals surface area contributed by atoms with E-state index in [-0.39, 0.29) is 18.7 Å². The lowest BCUT2D eigenvalue weighted by Crippen LogP contribution is -2.35. The Labute approximate surface area is 115 Å². The summed E-state index contributed by atoms with van der Waals surface area (Å²) in [5.41, 5.74) is 0.761. The van der Waals surface area contributed by atoms with Crippen molar-refractivity contribution in [3.8, 4) is 5.75 Å². The highest BCUT2D eigenvalue weighted by molar-refractivity contribution is 7.99. The number of anilines is 1. The fraction of sp³-hybridized carbons (Fsp3) is 0.385. The second-order valence-electron chi connectivity index (χ2n) is 4.09. The van der Waals surface area contributed by atoms with Crippen LogP contribution < -0.4 is 9.64 Å². The van der Waals surface area contributed by atoms with E-state index in [0.29, 0.717) is 12.3 Å². The Hall–Kier alpha value is -1.69. The fourth-order valence-electron chi connectivity index (χ4n) is 2.01. The number of hydrogen-bond acceptors (Lipinski definition) is 4. The molecule has 1 heterocycles. The summed E-state index contributed by atoms with van der Waals surface area (Å²) < 4.78 is 5.30. The molecule has 0 unspecified atom stereocenters. The SMILES string of the molecule is COc1cccc2c1N(C(=O)CCC(=O)O)CCS2. The fourth-order valence-corrected chi connectivity index (χ4v) is 3.02. The van der Waals surface area contributed by atoms with Crippen LogP contribution in [0.1, 0.15) is 12.8 Å². The molecule has 0 aromatic heterocycles. The number of carboxylic acids is 1. The van der Waals surface area contributed by atoms with Crippen molar-refractivity contribution in [1.82, 2.24) is 0 Å². The lowest BCUT2D eigenvalue weighted by Gasteiger charge is -2.30. The lowest BCUT2D eigenvalue weighted by atomic mass is 10.2. The first-order chi connectivity index (χ1) is 9.13. The average molecular weight is 281 g/mol. The van der Waals surface area contributed by atoms with E-state index in [4.69, 9.17) is 9.84 Å². The van der Waals surface area contributed by atoms with Gasteiger partial charge in [0.05, 0.1) is 19.2 Å². The van der Waals surface area contributed by atoms with Gasteiger partial charge in [-0.05, 0) is 12.1 Å². The van der Waals surface area contributed by atoms with Gasteiger partial charge in [0, 0.05) is 23.6 Å². The van der Waals surface area contributed by atoms with Gasteiger partial charge in [-0.2, -0.15) is 0 Å². The maximum Gasteiger partial charge on any atom is 0.303 e. The summed E-state index contributed by atoms with van der Waals surface area (Å²) in [6, 6.07) is 5.64. The zero-order valence-corrected chi connectivity index (χ0v) is 11.4. The maximum atomic E-state index is 12.1. The van der Waals surface area contributed by atoms with Crippen LogP contribution in [-0.2, 0) is 9.59 Å². The van der Waals surface area contributed by atoms with E-state index in [9.17, 15) is 9.59 Å². The van der Waals surface area contributed by atoms with E-state index in [1.807, 2.05) is 18.2 Å². The molecule has 0 bridgehead atoms. The molecule has 19 heavy (non-hydrogen) atoms. The first-order valence-corrected chi connectivity index (χ1v) is 6.94. The number of para-hydroxylation sites is 1. The highest BCUT2D eigenvalue weighted by atomic mass is 32.2. The lowest BCUT2D eigenvalue weighted by molar-refractivity contribution is -0.138. The predicted molar refractivity (Wildman–Crippen MR) is 72.9 cm³/mol. The van der Waals surface area contributed by atoms with Crippen molar-refractivity contribution in [3.05, 3.63) is 18.2 Å². The van der Waals surface area contributed by atoms with Crippen LogP contribution in [0.5, 0.6) is 5.75 Å². The minimum absolute atomic E-state index is 0.0114. The van der Waals surface area contributed by atoms with E-state index < -0.39 is 5.97 Å². The van der Waals surface area contributed by atoms with E-state index >= 15 is 0 Å². The summed E-state index contributed by atoms with van der Waals surface area (Å²) in [5.74, 6) is 0.320. The van der Waals surface area contributed by atoms with Crippen LogP contribution in [-0.4, -0.2) is 36.4 Å². The van der Waals surface area contributed by atoms with Crippen LogP contribution in [0, 0.1) is 0 Å². The molecule has 0 atom stereocenters. The standard InChI is InChI=1S/C13H15NO4S/c1-18-9-3-2-4-10-13(9)14(7-8-19-10)11(15)5-6-12(16)17/h2-4H,5-8H2,1H3,(H,16,17). The number of aliphatic carboxylic acids is 1. The first-order valence-electron chi connectivity index (χ1n) is 5.95. The molecule has 1 aromatic carbocycles. The van der Waals surface area contributed by atoms with Gasteiger partial charge in [0.15, 0.2) is 0 Å². The van der Waals surface area contributed by atoms with Crippen molar-refractivity contribution in [3.63, 3.8) is 0 Å². The molecule has 5 nitrogen and oxygen atoms in total. The van der Waals surface area contributed by atoms with Gasteiger partial charge in [-0.1, -0.05) is 6.07 Å². The third kappa shape index (κ3) is 3.01. The second-order valence-corrected chi connectivity index (χ2v) is 5.23. The van der Waals surface area contributed by atoms with Crippen LogP contribution in [0.4, 0.5) is 5.69 Å². The number of amides is 1. The minimum atomic E-state index is -0.958. The summed E-state index contributed by atoms with van der Waals surface area (Å²) in [4.78, 5) is 25.3. The summed E-state index contributed by atoms with van der Waals surface area (Å²) in [6.07, 6.45) is -0.134. The average Bonchev–Trinajstić information content (AvgIpc) is 2.43. The Kier molecular flexibility index (Phi) is 4.31. The molecule has 0 saturated heterocycles. The van der Waals surface area contributed by atoms with Crippen molar-refractivity contribution in [2.75, 3.05) is 24.3 Å². The number of hydrogen-bond donors (Lipinski definition) is 1. The molecule has 0 spiro atoms. The van der Waals surface area contributed by atoms with Gasteiger partial charge in [0.25, 0.3) is 0 Å². The number of methoxy groups -OCH3 is 1. The molecule has 1 amide bonds. The zero-order chi connectivity index (χ0) is 13.8. The molecule has 1 aliphatic heterocycles. The van der Waals surface area contributed by atoms with Gasteiger partial charge in [0.1, 0.15) is 5.75 Å². The van der Waals surface area contributed by atoms with Gasteiger partial charge >= 0.3 is 5.97 Å². The van der Waals surface area contributed by atoms with Gasteiger partial charge in [-0.25, -0.2) is 0 Å². The van der Waals surface area contributed by atoms with Crippen molar-refractivity contribution in [2.24, 2.45) is 0 Å². The monoisotopic (exact) mass is 281 g/mol. The molecular weight excluding hydrogens is 266 g/mol. The second kappa shape index (κ2) is 5.97. The first kappa shape index (κ1) is 13.7. The molecule has 0 aliphatic carbocycles. The topological polar surface area (TPSA) is 66.8 Å². The molecule has 1 N–H and O–H groups in total. The molecular formula is C13H15NO4S. The van der Waals surface area contributed by atoms with Crippen LogP contribution in [0.25, 0.3) is 0 Å². The number of carboxylic acid groups (broad SMARTS) is 1. The highest BCUT2D eigenvalue weighted by Crippen LogP contribution is 2.41. The number of benzene rings is 1. The Morgan fingerprint density at radius 1 is 1.42 bits per heavy atom. The molecule has 1 aliphatic rings. The maximum absolute atomic E-state index is 12.1. The third-order valence-electron chi connectivity index (χ3n) is 2.88. The quantitative estimate of drug-likeness (QED) is 0.914. The summed E-state index contributed by atoms with van der Waals surface area (Å²) >= 11 is 1.67. The van der Waals surface area contributed by atoms with E-state index in [0.717, 1.165) is 16.3 Å². The number of thioether (sulfide) groups is 1. The van der Waals surface area contributed by atoms with E-state index in [2.05, 4.69) is 0 Å². The van der Waals surface area contributed by atoms with Gasteiger partial charge in [-0.15, -0.1) is 11.8 Å². The molecule has 2 rings (SSSR count). The number of nitrogens with zero attached hydrogens (tertiary/aromatic N) is 1. The van der Waals surface area contributed by atoms with E-state index in [1.165, 1.54) is 0 Å². The largest absolute Gasteiger partial charge is 0.495 e. The van der Waals surface area contributed by atoms with Gasteiger partial charge in [0.2, 0.25) is 5.91 Å². The minimum Gasteiger partial charge on any atom is -0.495 e. The third-order valence-corrected chi connectivity index (χ3v) is 3.91. The smallest absolute Gasteiger partial charge is 0.303 e. The number of ether oxygens (including phenoxy) is 1. The summed E-state index contributed by atoms with van der Waals surface area (Å²) in [7, 11) is 1.56. The highest BCUT2D eigenvalue weighted by Gasteiger charge is 2.26. The normalized spacial score (nSPS) is 13.8. The number of carbonyl (C=O) groups is 2. The molecule has 6 heteroatoms. The van der Waals surface area contributed by atoms with Crippen molar-refractivity contribution in [2.45, 2.75) is 17.7 Å². The van der Waals surface area contributed by atoms with Crippen LogP contribution in [0.3, 0.4) is 0 Å². The van der Waals surface area contributed by atoms with Crippen LogP contribution in [0.15, 0.2) is 23.1 Å². The Balaban J connectivity index is 2.25. The molecule has 102 valence electrons. The predicted octanol–water partition coefficient (Wildman–Crippen LogP) is 2.00. The Morgan fingerprint density at radius 2 is 2.21 bits per heavy atom. The van der Waals surface area contributed by atoms with Gasteiger partial charge in [-0.3, -0.25) is 9.59 Å². The summed E-state index contributed by atoms with van der Waals surface area (Å²) in [5, 5.41) is 8.66. The van der Waals surface area contributed by atoms with Crippen LogP contribution >= 0.6 is 11.8 Å². The number of rotatable bonds is 4. The Morgan fingerprint density at radius 3 is 2.89 bits per heavy atom. The van der Waals surface area contributed by atoms with Crippen molar-refractivity contribution < 1.29 is 19.4 Å². The summed E-state index contributed by atoms with van der Waals surface area (Å²) in [6.45, 7) is 0.580. The number of carbonyl (C=O) groups excluding carboxylic acids is 1. The number of fused-ring (bicyclic) bond motifs is 1. The van der Waals surface area contributed by atoms with Gasteiger partial charge < -0.3 is 14.7 Å². The molecule has 0 saturated carbocycles. The molecule has 0 radical (unpaired) electrons. The van der Waals surface area contributed by atoms with Crippen molar-refractivity contribution >= 4 is 29.3 Å². The molecule has 1 aromatic rings. The zero-order valence-electron chi connectivity index (χ0n) is 10.6. The van der Waals surface area contributed by atoms with Crippen LogP contribution in [0.2, 0.25) is 0 Å². The Bertz CT molecular complexity index is 489. The van der Waals surface area contributed by atoms with E-state index in [1.54, 1.807) is 23.8 Å². The molecule has 0 fully saturated rings.